The van der Waals surface area contributed by atoms with Gasteiger partial charge in [-0.2, -0.15) is 0 Å². The van der Waals surface area contributed by atoms with Crippen molar-refractivity contribution in [1.82, 2.24) is 19.8 Å². The molecule has 2 saturated heterocycles. The fourth-order valence-electron chi connectivity index (χ4n) is 4.14. The maximum atomic E-state index is 13.6. The van der Waals surface area contributed by atoms with Crippen molar-refractivity contribution in [2.75, 3.05) is 39.4 Å². The molecule has 168 valence electrons. The number of nitrogens with zero attached hydrogens (tertiary/aromatic N) is 4. The largest absolute Gasteiger partial charge is 0.507 e. The molecule has 2 aliphatic rings. The molecule has 0 bridgehead atoms. The minimum absolute atomic E-state index is 0.0425. The number of aliphatic hydroxyl groups is 1. The molecule has 4 rings (SSSR count). The van der Waals surface area contributed by atoms with Crippen molar-refractivity contribution in [3.05, 3.63) is 64.5 Å². The smallest absolute Gasteiger partial charge is 0.295 e. The van der Waals surface area contributed by atoms with E-state index in [0.29, 0.717) is 36.8 Å². The summed E-state index contributed by atoms with van der Waals surface area (Å²) < 4.78 is 18.9. The number of likely N-dealkylation sites (tertiary alicyclic amines) is 1. The zero-order chi connectivity index (χ0) is 22.8. The van der Waals surface area contributed by atoms with Gasteiger partial charge in [0.15, 0.2) is 0 Å². The van der Waals surface area contributed by atoms with E-state index in [9.17, 15) is 19.1 Å². The average Bonchev–Trinajstić information content (AvgIpc) is 3.03. The standard InChI is InChI=1S/C23H25FN4O4/c1-14-18(13-25-15(2)26-14)21(29)19-20(16-3-5-17(24)6-4-16)28(23(31)22(19)30)8-7-27-9-11-32-12-10-27/h3-6,13,20,29H,7-12H2,1-2H3/b21-19+. The van der Waals surface area contributed by atoms with E-state index in [1.54, 1.807) is 13.8 Å². The molecule has 0 saturated carbocycles. The highest BCUT2D eigenvalue weighted by Crippen LogP contribution is 2.39. The molecule has 2 fully saturated rings. The Kier molecular flexibility index (Phi) is 6.29. The number of ketones is 1. The highest BCUT2D eigenvalue weighted by atomic mass is 19.1. The Bertz CT molecular complexity index is 1060. The van der Waals surface area contributed by atoms with Gasteiger partial charge in [0.1, 0.15) is 17.4 Å². The molecule has 1 aromatic carbocycles. The fourth-order valence-corrected chi connectivity index (χ4v) is 4.14. The van der Waals surface area contributed by atoms with Gasteiger partial charge in [-0.25, -0.2) is 14.4 Å². The second kappa shape index (κ2) is 9.13. The van der Waals surface area contributed by atoms with Crippen LogP contribution in [-0.2, 0) is 14.3 Å². The topological polar surface area (TPSA) is 95.9 Å². The molecule has 0 radical (unpaired) electrons. The number of carbonyl (C=O) groups excluding carboxylic acids is 2. The number of carbonyl (C=O) groups is 2. The van der Waals surface area contributed by atoms with Gasteiger partial charge < -0.3 is 14.7 Å². The quantitative estimate of drug-likeness (QED) is 0.432. The Hall–Kier alpha value is -3.17. The van der Waals surface area contributed by atoms with Crippen LogP contribution < -0.4 is 0 Å². The number of hydrogen-bond acceptors (Lipinski definition) is 7. The van der Waals surface area contributed by atoms with Crippen molar-refractivity contribution < 1.29 is 23.8 Å². The number of ether oxygens (including phenoxy) is 1. The molecule has 8 nitrogen and oxygen atoms in total. The van der Waals surface area contributed by atoms with Gasteiger partial charge in [-0.3, -0.25) is 14.5 Å². The van der Waals surface area contributed by atoms with E-state index in [0.717, 1.165) is 13.1 Å². The lowest BCUT2D eigenvalue weighted by molar-refractivity contribution is -0.140. The molecule has 1 N–H and O–H groups in total. The van der Waals surface area contributed by atoms with Gasteiger partial charge in [0.05, 0.1) is 36.1 Å². The van der Waals surface area contributed by atoms with E-state index >= 15 is 0 Å². The predicted octanol–water partition coefficient (Wildman–Crippen LogP) is 1.99. The van der Waals surface area contributed by atoms with Crippen LogP contribution in [0.3, 0.4) is 0 Å². The Balaban J connectivity index is 1.75. The number of rotatable bonds is 5. The summed E-state index contributed by atoms with van der Waals surface area (Å²) in [6, 6.07) is 4.77. The maximum absolute atomic E-state index is 13.6. The van der Waals surface area contributed by atoms with E-state index in [4.69, 9.17) is 4.74 Å². The lowest BCUT2D eigenvalue weighted by Crippen LogP contribution is -2.42. The first-order valence-electron chi connectivity index (χ1n) is 10.5. The van der Waals surface area contributed by atoms with Gasteiger partial charge in [0.2, 0.25) is 0 Å². The second-order valence-electron chi connectivity index (χ2n) is 7.91. The van der Waals surface area contributed by atoms with Crippen molar-refractivity contribution in [3.63, 3.8) is 0 Å². The summed E-state index contributed by atoms with van der Waals surface area (Å²) in [7, 11) is 0. The van der Waals surface area contributed by atoms with Crippen molar-refractivity contribution in [2.24, 2.45) is 0 Å². The highest BCUT2D eigenvalue weighted by Gasteiger charge is 2.46. The lowest BCUT2D eigenvalue weighted by Gasteiger charge is -2.31. The molecule has 2 aromatic rings. The number of aromatic nitrogens is 2. The van der Waals surface area contributed by atoms with Crippen molar-refractivity contribution >= 4 is 17.4 Å². The maximum Gasteiger partial charge on any atom is 0.295 e. The number of morpholine rings is 1. The van der Waals surface area contributed by atoms with Crippen LogP contribution in [0.4, 0.5) is 4.39 Å². The van der Waals surface area contributed by atoms with Crippen molar-refractivity contribution in [2.45, 2.75) is 19.9 Å². The van der Waals surface area contributed by atoms with Crippen LogP contribution in [0.15, 0.2) is 36.0 Å². The number of hydrogen-bond donors (Lipinski definition) is 1. The number of amides is 1. The third kappa shape index (κ3) is 4.26. The number of aryl methyl sites for hydroxylation is 2. The van der Waals surface area contributed by atoms with E-state index in [1.807, 2.05) is 0 Å². The monoisotopic (exact) mass is 440 g/mol. The van der Waals surface area contributed by atoms with Crippen molar-refractivity contribution in [1.29, 1.82) is 0 Å². The Morgan fingerprint density at radius 3 is 2.50 bits per heavy atom. The van der Waals surface area contributed by atoms with Gasteiger partial charge in [-0.1, -0.05) is 12.1 Å². The molecule has 9 heteroatoms. The molecular weight excluding hydrogens is 415 g/mol. The summed E-state index contributed by atoms with van der Waals surface area (Å²) in [6.45, 7) is 6.98. The molecule has 1 amide bonds. The zero-order valence-corrected chi connectivity index (χ0v) is 18.0. The first kappa shape index (κ1) is 22.0. The number of aliphatic hydroxyl groups excluding tert-OH is 1. The minimum Gasteiger partial charge on any atom is -0.507 e. The van der Waals surface area contributed by atoms with Crippen LogP contribution in [0.2, 0.25) is 0 Å². The van der Waals surface area contributed by atoms with E-state index in [-0.39, 0.29) is 23.4 Å². The average molecular weight is 440 g/mol. The zero-order valence-electron chi connectivity index (χ0n) is 18.0. The fraction of sp³-hybridized carbons (Fsp3) is 0.391. The van der Waals surface area contributed by atoms with Crippen LogP contribution in [0.25, 0.3) is 5.76 Å². The molecule has 2 aliphatic heterocycles. The number of benzene rings is 1. The van der Waals surface area contributed by atoms with Gasteiger partial charge in [0, 0.05) is 32.4 Å². The number of Topliss-reactive ketones (excluding diaryl/α,β-unsaturated/α-hetero) is 1. The Morgan fingerprint density at radius 1 is 1.16 bits per heavy atom. The van der Waals surface area contributed by atoms with Crippen LogP contribution in [0, 0.1) is 19.7 Å². The van der Waals surface area contributed by atoms with Crippen LogP contribution in [-0.4, -0.2) is 76.0 Å². The first-order valence-corrected chi connectivity index (χ1v) is 10.5. The van der Waals surface area contributed by atoms with E-state index in [1.165, 1.54) is 35.4 Å². The summed E-state index contributed by atoms with van der Waals surface area (Å²) >= 11 is 0. The third-order valence-corrected chi connectivity index (χ3v) is 5.84. The van der Waals surface area contributed by atoms with Gasteiger partial charge in [-0.05, 0) is 31.5 Å². The summed E-state index contributed by atoms with van der Waals surface area (Å²) in [5, 5.41) is 11.1. The lowest BCUT2D eigenvalue weighted by atomic mass is 9.95. The van der Waals surface area contributed by atoms with E-state index < -0.39 is 23.5 Å². The molecule has 1 aromatic heterocycles. The Labute approximate surface area is 185 Å². The second-order valence-corrected chi connectivity index (χ2v) is 7.91. The van der Waals surface area contributed by atoms with Gasteiger partial charge in [0.25, 0.3) is 11.7 Å². The molecule has 1 unspecified atom stereocenters. The van der Waals surface area contributed by atoms with Gasteiger partial charge in [-0.15, -0.1) is 0 Å². The van der Waals surface area contributed by atoms with Crippen molar-refractivity contribution in [3.8, 4) is 0 Å². The van der Waals surface area contributed by atoms with Crippen LogP contribution in [0.1, 0.15) is 28.7 Å². The molecular formula is C23H25FN4O4. The molecule has 1 atom stereocenters. The highest BCUT2D eigenvalue weighted by molar-refractivity contribution is 6.46. The first-order chi connectivity index (χ1) is 15.4. The molecule has 32 heavy (non-hydrogen) atoms. The SMILES string of the molecule is Cc1ncc(/C(O)=C2\C(=O)C(=O)N(CCN3CCOCC3)C2c2ccc(F)cc2)c(C)n1. The Morgan fingerprint density at radius 2 is 1.84 bits per heavy atom. The summed E-state index contributed by atoms with van der Waals surface area (Å²) in [4.78, 5) is 38.0. The third-order valence-electron chi connectivity index (χ3n) is 5.84. The van der Waals surface area contributed by atoms with E-state index in [2.05, 4.69) is 14.9 Å². The summed E-state index contributed by atoms with van der Waals surface area (Å²) in [5.74, 6) is -1.70. The van der Waals surface area contributed by atoms with Gasteiger partial charge >= 0.3 is 0 Å². The van der Waals surface area contributed by atoms with Crippen LogP contribution >= 0.6 is 0 Å². The molecule has 0 spiro atoms. The van der Waals surface area contributed by atoms with Crippen LogP contribution in [0.5, 0.6) is 0 Å². The predicted molar refractivity (Wildman–Crippen MR) is 114 cm³/mol. The normalized spacial score (nSPS) is 21.3. The molecule has 0 aliphatic carbocycles. The molecule has 3 heterocycles. The number of halogens is 1. The minimum atomic E-state index is -0.836. The summed E-state index contributed by atoms with van der Waals surface area (Å²) in [5.41, 5.74) is 1.28. The summed E-state index contributed by atoms with van der Waals surface area (Å²) in [6.07, 6.45) is 1.44.